The number of halogens is 1. The van der Waals surface area contributed by atoms with Gasteiger partial charge in [0.1, 0.15) is 11.6 Å². The van der Waals surface area contributed by atoms with Gasteiger partial charge in [0.05, 0.1) is 0 Å². The van der Waals surface area contributed by atoms with E-state index in [0.717, 1.165) is 0 Å². The molecule has 0 aromatic heterocycles. The summed E-state index contributed by atoms with van der Waals surface area (Å²) in [6, 6.07) is 4.37. The Balaban J connectivity index is 2.35. The topological polar surface area (TPSA) is 46.5 Å². The molecule has 68 valence electrons. The van der Waals surface area contributed by atoms with E-state index in [1.807, 2.05) is 0 Å². The second kappa shape index (κ2) is 2.73. The number of hydrogen-bond donors (Lipinski definition) is 1. The molecule has 1 unspecified atom stereocenters. The van der Waals surface area contributed by atoms with Crippen molar-refractivity contribution in [3.05, 3.63) is 29.6 Å². The highest BCUT2D eigenvalue weighted by molar-refractivity contribution is 5.74. The minimum Gasteiger partial charge on any atom is -0.478 e. The zero-order chi connectivity index (χ0) is 9.42. The molecule has 0 aliphatic carbocycles. The summed E-state index contributed by atoms with van der Waals surface area (Å²) in [5.41, 5.74) is 0.356. The number of fused-ring (bicyclic) bond motifs is 1. The molecule has 1 heterocycles. The third-order valence-electron chi connectivity index (χ3n) is 2.01. The SMILES string of the molecule is O=C(O)C1Cc2c(F)cccc2O1. The third-order valence-corrected chi connectivity index (χ3v) is 2.01. The van der Waals surface area contributed by atoms with E-state index >= 15 is 0 Å². The molecule has 4 heteroatoms. The van der Waals surface area contributed by atoms with E-state index in [1.165, 1.54) is 12.1 Å². The molecule has 1 N–H and O–H groups in total. The number of carbonyl (C=O) groups is 1. The molecule has 0 amide bonds. The predicted octanol–water partition coefficient (Wildman–Crippen LogP) is 1.21. The predicted molar refractivity (Wildman–Crippen MR) is 42.2 cm³/mol. The molecule has 1 atom stereocenters. The Morgan fingerprint density at radius 3 is 3.00 bits per heavy atom. The first kappa shape index (κ1) is 8.04. The van der Waals surface area contributed by atoms with Gasteiger partial charge in [-0.25, -0.2) is 9.18 Å². The van der Waals surface area contributed by atoms with Gasteiger partial charge < -0.3 is 9.84 Å². The van der Waals surface area contributed by atoms with Crippen molar-refractivity contribution in [3.63, 3.8) is 0 Å². The molecule has 1 aromatic carbocycles. The Morgan fingerprint density at radius 2 is 2.38 bits per heavy atom. The van der Waals surface area contributed by atoms with Crippen molar-refractivity contribution < 1.29 is 19.0 Å². The van der Waals surface area contributed by atoms with Crippen molar-refractivity contribution in [2.45, 2.75) is 12.5 Å². The van der Waals surface area contributed by atoms with Gasteiger partial charge in [0.25, 0.3) is 0 Å². The number of aliphatic carboxylic acids is 1. The Hall–Kier alpha value is -1.58. The van der Waals surface area contributed by atoms with Crippen LogP contribution in [0.15, 0.2) is 18.2 Å². The second-order valence-electron chi connectivity index (χ2n) is 2.87. The summed E-state index contributed by atoms with van der Waals surface area (Å²) in [5, 5.41) is 8.63. The van der Waals surface area contributed by atoms with Crippen LogP contribution >= 0.6 is 0 Å². The van der Waals surface area contributed by atoms with Crippen LogP contribution in [0.25, 0.3) is 0 Å². The van der Waals surface area contributed by atoms with E-state index in [9.17, 15) is 9.18 Å². The van der Waals surface area contributed by atoms with Crippen molar-refractivity contribution in [3.8, 4) is 5.75 Å². The minimum atomic E-state index is -1.06. The number of carboxylic acid groups (broad SMARTS) is 1. The lowest BCUT2D eigenvalue weighted by Crippen LogP contribution is -2.24. The van der Waals surface area contributed by atoms with Gasteiger partial charge in [-0.1, -0.05) is 6.07 Å². The average molecular weight is 182 g/mol. The van der Waals surface area contributed by atoms with Crippen molar-refractivity contribution >= 4 is 5.97 Å². The van der Waals surface area contributed by atoms with Crippen molar-refractivity contribution in [2.75, 3.05) is 0 Å². The standard InChI is InChI=1S/C9H7FO3/c10-6-2-1-3-7-5(6)4-8(13-7)9(11)12/h1-3,8H,4H2,(H,11,12). The minimum absolute atomic E-state index is 0.108. The molecule has 13 heavy (non-hydrogen) atoms. The molecule has 1 aromatic rings. The lowest BCUT2D eigenvalue weighted by atomic mass is 10.1. The zero-order valence-electron chi connectivity index (χ0n) is 6.66. The number of ether oxygens (including phenoxy) is 1. The number of carboxylic acids is 1. The van der Waals surface area contributed by atoms with Crippen LogP contribution in [0, 0.1) is 5.82 Å². The fourth-order valence-corrected chi connectivity index (χ4v) is 1.37. The molecule has 0 fully saturated rings. The maximum absolute atomic E-state index is 13.1. The third kappa shape index (κ3) is 1.24. The second-order valence-corrected chi connectivity index (χ2v) is 2.87. The molecule has 0 saturated carbocycles. The van der Waals surface area contributed by atoms with E-state index in [-0.39, 0.29) is 6.42 Å². The van der Waals surface area contributed by atoms with Crippen LogP contribution in [0.3, 0.4) is 0 Å². The van der Waals surface area contributed by atoms with Gasteiger partial charge in [0.15, 0.2) is 6.10 Å². The molecule has 1 aliphatic heterocycles. The van der Waals surface area contributed by atoms with Gasteiger partial charge in [-0.2, -0.15) is 0 Å². The Morgan fingerprint density at radius 1 is 1.62 bits per heavy atom. The summed E-state index contributed by atoms with van der Waals surface area (Å²) in [7, 11) is 0. The van der Waals surface area contributed by atoms with Crippen LogP contribution in [0.4, 0.5) is 4.39 Å². The van der Waals surface area contributed by atoms with E-state index < -0.39 is 17.9 Å². The van der Waals surface area contributed by atoms with Gasteiger partial charge >= 0.3 is 5.97 Å². The summed E-state index contributed by atoms with van der Waals surface area (Å²) < 4.78 is 18.1. The number of benzene rings is 1. The van der Waals surface area contributed by atoms with Gasteiger partial charge in [-0.05, 0) is 12.1 Å². The Bertz CT molecular complexity index is 362. The van der Waals surface area contributed by atoms with Gasteiger partial charge in [0.2, 0.25) is 0 Å². The molecule has 0 bridgehead atoms. The molecular formula is C9H7FO3. The van der Waals surface area contributed by atoms with Crippen LogP contribution in [0.1, 0.15) is 5.56 Å². The summed E-state index contributed by atoms with van der Waals surface area (Å²) in [5.74, 6) is -1.12. The van der Waals surface area contributed by atoms with E-state index in [4.69, 9.17) is 9.84 Å². The van der Waals surface area contributed by atoms with E-state index in [1.54, 1.807) is 6.07 Å². The van der Waals surface area contributed by atoms with Crippen LogP contribution < -0.4 is 4.74 Å². The normalized spacial score (nSPS) is 19.3. The molecule has 0 spiro atoms. The lowest BCUT2D eigenvalue weighted by Gasteiger charge is -2.02. The summed E-state index contributed by atoms with van der Waals surface area (Å²) in [6.07, 6.45) is -0.830. The molecule has 0 radical (unpaired) electrons. The largest absolute Gasteiger partial charge is 0.478 e. The van der Waals surface area contributed by atoms with E-state index in [0.29, 0.717) is 11.3 Å². The first-order valence-electron chi connectivity index (χ1n) is 3.85. The van der Waals surface area contributed by atoms with Crippen molar-refractivity contribution in [2.24, 2.45) is 0 Å². The molecule has 0 saturated heterocycles. The fraction of sp³-hybridized carbons (Fsp3) is 0.222. The van der Waals surface area contributed by atoms with Gasteiger partial charge in [-0.15, -0.1) is 0 Å². The van der Waals surface area contributed by atoms with E-state index in [2.05, 4.69) is 0 Å². The smallest absolute Gasteiger partial charge is 0.345 e. The average Bonchev–Trinajstić information content (AvgIpc) is 2.49. The summed E-state index contributed by atoms with van der Waals surface area (Å²) in [6.45, 7) is 0. The first-order chi connectivity index (χ1) is 6.18. The van der Waals surface area contributed by atoms with Crippen LogP contribution in [-0.2, 0) is 11.2 Å². The molecule has 2 rings (SSSR count). The Labute approximate surface area is 73.8 Å². The molecule has 3 nitrogen and oxygen atoms in total. The Kier molecular flexibility index (Phi) is 1.69. The fourth-order valence-electron chi connectivity index (χ4n) is 1.37. The first-order valence-corrected chi connectivity index (χ1v) is 3.85. The molecular weight excluding hydrogens is 175 g/mol. The zero-order valence-corrected chi connectivity index (χ0v) is 6.66. The highest BCUT2D eigenvalue weighted by atomic mass is 19.1. The van der Waals surface area contributed by atoms with Crippen LogP contribution in [-0.4, -0.2) is 17.2 Å². The van der Waals surface area contributed by atoms with Gasteiger partial charge in [0, 0.05) is 12.0 Å². The monoisotopic (exact) mass is 182 g/mol. The summed E-state index contributed by atoms with van der Waals surface area (Å²) >= 11 is 0. The number of hydrogen-bond acceptors (Lipinski definition) is 2. The highest BCUT2D eigenvalue weighted by Crippen LogP contribution is 2.30. The van der Waals surface area contributed by atoms with Crippen molar-refractivity contribution in [1.29, 1.82) is 0 Å². The molecule has 1 aliphatic rings. The lowest BCUT2D eigenvalue weighted by molar-refractivity contribution is -0.144. The van der Waals surface area contributed by atoms with Crippen LogP contribution in [0.2, 0.25) is 0 Å². The van der Waals surface area contributed by atoms with Gasteiger partial charge in [-0.3, -0.25) is 0 Å². The maximum Gasteiger partial charge on any atom is 0.345 e. The number of rotatable bonds is 1. The maximum atomic E-state index is 13.1. The highest BCUT2D eigenvalue weighted by Gasteiger charge is 2.30. The summed E-state index contributed by atoms with van der Waals surface area (Å²) in [4.78, 5) is 10.5. The quantitative estimate of drug-likeness (QED) is 0.710. The van der Waals surface area contributed by atoms with Crippen molar-refractivity contribution in [1.82, 2.24) is 0 Å². The van der Waals surface area contributed by atoms with Crippen LogP contribution in [0.5, 0.6) is 5.75 Å².